The van der Waals surface area contributed by atoms with Gasteiger partial charge in [0, 0.05) is 25.0 Å². The number of sulfonamides is 1. The van der Waals surface area contributed by atoms with Crippen molar-refractivity contribution < 1.29 is 17.6 Å². The molecule has 29 heavy (non-hydrogen) atoms. The Bertz CT molecular complexity index is 1110. The van der Waals surface area contributed by atoms with E-state index in [0.29, 0.717) is 18.8 Å². The van der Waals surface area contributed by atoms with E-state index in [1.165, 1.54) is 51.6 Å². The maximum absolute atomic E-state index is 13.9. The number of benzene rings is 2. The predicted octanol–water partition coefficient (Wildman–Crippen LogP) is 3.29. The van der Waals surface area contributed by atoms with Crippen LogP contribution in [0.2, 0.25) is 0 Å². The molecule has 0 aliphatic carbocycles. The van der Waals surface area contributed by atoms with Gasteiger partial charge >= 0.3 is 0 Å². The first-order valence-electron chi connectivity index (χ1n) is 9.09. The highest BCUT2D eigenvalue weighted by Crippen LogP contribution is 2.19. The molecule has 0 unspecified atom stereocenters. The van der Waals surface area contributed by atoms with E-state index >= 15 is 0 Å². The number of nitrogens with one attached hydrogen (secondary N) is 1. The fraction of sp³-hybridized carbons (Fsp3) is 0.200. The lowest BCUT2D eigenvalue weighted by Gasteiger charge is -2.18. The fourth-order valence-corrected chi connectivity index (χ4v) is 4.29. The zero-order valence-electron chi connectivity index (χ0n) is 16.0. The van der Waals surface area contributed by atoms with Gasteiger partial charge in [0.2, 0.25) is 10.0 Å². The molecule has 0 aliphatic heterocycles. The largest absolute Gasteiger partial charge is 0.321 e. The van der Waals surface area contributed by atoms with Crippen molar-refractivity contribution in [1.29, 1.82) is 0 Å². The van der Waals surface area contributed by atoms with Gasteiger partial charge in [0.1, 0.15) is 11.5 Å². The minimum atomic E-state index is -3.56. The fourth-order valence-electron chi connectivity index (χ4n) is 2.83. The van der Waals surface area contributed by atoms with Gasteiger partial charge in [-0.25, -0.2) is 17.5 Å². The molecule has 9 heteroatoms. The van der Waals surface area contributed by atoms with Crippen molar-refractivity contribution in [2.45, 2.75) is 18.7 Å². The number of rotatable bonds is 7. The zero-order valence-corrected chi connectivity index (χ0v) is 16.9. The number of aromatic nitrogens is 2. The van der Waals surface area contributed by atoms with E-state index < -0.39 is 21.7 Å². The third kappa shape index (κ3) is 4.36. The molecule has 1 amide bonds. The van der Waals surface area contributed by atoms with Gasteiger partial charge < -0.3 is 5.32 Å². The van der Waals surface area contributed by atoms with Crippen LogP contribution < -0.4 is 5.32 Å². The molecule has 3 rings (SSSR count). The summed E-state index contributed by atoms with van der Waals surface area (Å²) in [5.74, 6) is -0.938. The Kier molecular flexibility index (Phi) is 6.09. The minimum Gasteiger partial charge on any atom is -0.321 e. The molecule has 0 saturated heterocycles. The van der Waals surface area contributed by atoms with Crippen molar-refractivity contribution in [1.82, 2.24) is 14.1 Å². The van der Waals surface area contributed by atoms with Crippen LogP contribution in [0.15, 0.2) is 65.7 Å². The summed E-state index contributed by atoms with van der Waals surface area (Å²) in [6, 6.07) is 13.5. The molecule has 0 bridgehead atoms. The monoisotopic (exact) mass is 416 g/mol. The van der Waals surface area contributed by atoms with Gasteiger partial charge in [0.25, 0.3) is 5.91 Å². The summed E-state index contributed by atoms with van der Waals surface area (Å²) in [4.78, 5) is 12.6. The smallest absolute Gasteiger partial charge is 0.276 e. The van der Waals surface area contributed by atoms with Crippen molar-refractivity contribution in [3.8, 4) is 5.69 Å². The quantitative estimate of drug-likeness (QED) is 0.641. The van der Waals surface area contributed by atoms with Gasteiger partial charge in [-0.2, -0.15) is 9.40 Å². The lowest BCUT2D eigenvalue weighted by molar-refractivity contribution is 0.102. The number of para-hydroxylation sites is 1. The van der Waals surface area contributed by atoms with Crippen LogP contribution in [0, 0.1) is 5.82 Å². The van der Waals surface area contributed by atoms with Gasteiger partial charge in [0.05, 0.1) is 4.90 Å². The molecule has 1 aromatic heterocycles. The normalized spacial score (nSPS) is 11.6. The molecular weight excluding hydrogens is 395 g/mol. The first kappa shape index (κ1) is 20.7. The number of nitrogens with zero attached hydrogens (tertiary/aromatic N) is 3. The second kappa shape index (κ2) is 8.54. The topological polar surface area (TPSA) is 84.3 Å². The molecule has 3 aromatic rings. The Morgan fingerprint density at radius 3 is 2.34 bits per heavy atom. The van der Waals surface area contributed by atoms with Crippen LogP contribution >= 0.6 is 0 Å². The van der Waals surface area contributed by atoms with E-state index in [-0.39, 0.29) is 16.3 Å². The number of carbonyl (C=O) groups excluding carboxylic acids is 1. The molecule has 152 valence electrons. The highest BCUT2D eigenvalue weighted by Gasteiger charge is 2.21. The van der Waals surface area contributed by atoms with E-state index in [0.717, 1.165) is 0 Å². The average Bonchev–Trinajstić information content (AvgIpc) is 3.19. The molecule has 1 heterocycles. The summed E-state index contributed by atoms with van der Waals surface area (Å²) >= 11 is 0. The Morgan fingerprint density at radius 2 is 1.72 bits per heavy atom. The third-order valence-electron chi connectivity index (χ3n) is 4.38. The first-order chi connectivity index (χ1) is 13.9. The van der Waals surface area contributed by atoms with E-state index in [4.69, 9.17) is 0 Å². The van der Waals surface area contributed by atoms with E-state index in [1.54, 1.807) is 32.0 Å². The van der Waals surface area contributed by atoms with Crippen molar-refractivity contribution >= 4 is 21.6 Å². The van der Waals surface area contributed by atoms with Gasteiger partial charge in [-0.3, -0.25) is 4.79 Å². The van der Waals surface area contributed by atoms with Crippen molar-refractivity contribution in [2.24, 2.45) is 0 Å². The van der Waals surface area contributed by atoms with E-state index in [2.05, 4.69) is 10.4 Å². The van der Waals surface area contributed by atoms with Crippen molar-refractivity contribution in [2.75, 3.05) is 18.4 Å². The van der Waals surface area contributed by atoms with Crippen LogP contribution in [-0.2, 0) is 10.0 Å². The number of carbonyl (C=O) groups is 1. The predicted molar refractivity (Wildman–Crippen MR) is 108 cm³/mol. The molecule has 0 fully saturated rings. The third-order valence-corrected chi connectivity index (χ3v) is 6.44. The van der Waals surface area contributed by atoms with E-state index in [9.17, 15) is 17.6 Å². The summed E-state index contributed by atoms with van der Waals surface area (Å²) in [5, 5.41) is 6.76. The number of halogens is 1. The number of hydrogen-bond donors (Lipinski definition) is 1. The molecular formula is C20H21FN4O3S. The summed E-state index contributed by atoms with van der Waals surface area (Å²) in [5.41, 5.74) is 0.763. The zero-order chi connectivity index (χ0) is 21.0. The van der Waals surface area contributed by atoms with Gasteiger partial charge in [-0.1, -0.05) is 26.0 Å². The maximum atomic E-state index is 13.9. The lowest BCUT2D eigenvalue weighted by atomic mass is 10.3. The number of hydrogen-bond acceptors (Lipinski definition) is 4. The number of amides is 1. The molecule has 1 N–H and O–H groups in total. The lowest BCUT2D eigenvalue weighted by Crippen LogP contribution is -2.30. The summed E-state index contributed by atoms with van der Waals surface area (Å²) in [6.07, 6.45) is 1.49. The van der Waals surface area contributed by atoms with Crippen LogP contribution in [0.4, 0.5) is 10.1 Å². The Balaban J connectivity index is 1.74. The molecule has 7 nitrogen and oxygen atoms in total. The number of anilines is 1. The Morgan fingerprint density at radius 1 is 1.07 bits per heavy atom. The second-order valence-corrected chi connectivity index (χ2v) is 8.10. The van der Waals surface area contributed by atoms with Crippen molar-refractivity contribution in [3.63, 3.8) is 0 Å². The highest BCUT2D eigenvalue weighted by molar-refractivity contribution is 7.89. The molecule has 0 aliphatic rings. The van der Waals surface area contributed by atoms with Crippen LogP contribution in [0.3, 0.4) is 0 Å². The molecule has 2 aromatic carbocycles. The first-order valence-corrected chi connectivity index (χ1v) is 10.5. The maximum Gasteiger partial charge on any atom is 0.276 e. The Hall–Kier alpha value is -3.04. The summed E-state index contributed by atoms with van der Waals surface area (Å²) < 4.78 is 41.5. The van der Waals surface area contributed by atoms with Gasteiger partial charge in [-0.05, 0) is 42.5 Å². The standard InChI is InChI=1S/C20H21FN4O3S/c1-3-24(4-2)29(27,28)16-11-9-15(10-12-16)22-20(26)18-13-14-25(23-18)19-8-6-5-7-17(19)21/h5-14H,3-4H2,1-2H3,(H,22,26). The van der Waals surface area contributed by atoms with Crippen LogP contribution in [0.1, 0.15) is 24.3 Å². The molecule has 0 saturated carbocycles. The highest BCUT2D eigenvalue weighted by atomic mass is 32.2. The molecule has 0 spiro atoms. The van der Waals surface area contributed by atoms with Crippen molar-refractivity contribution in [3.05, 3.63) is 72.3 Å². The van der Waals surface area contributed by atoms with Crippen LogP contribution in [0.25, 0.3) is 5.69 Å². The SMILES string of the molecule is CCN(CC)S(=O)(=O)c1ccc(NC(=O)c2ccn(-c3ccccc3F)n2)cc1. The summed E-state index contributed by atoms with van der Waals surface area (Å²) in [7, 11) is -3.56. The Labute approximate surface area is 168 Å². The second-order valence-electron chi connectivity index (χ2n) is 6.16. The minimum absolute atomic E-state index is 0.105. The van der Waals surface area contributed by atoms with Gasteiger partial charge in [-0.15, -0.1) is 0 Å². The average molecular weight is 416 g/mol. The van der Waals surface area contributed by atoms with Crippen LogP contribution in [0.5, 0.6) is 0 Å². The molecule has 0 radical (unpaired) electrons. The van der Waals surface area contributed by atoms with Crippen LogP contribution in [-0.4, -0.2) is 41.5 Å². The van der Waals surface area contributed by atoms with E-state index in [1.807, 2.05) is 0 Å². The molecule has 0 atom stereocenters. The van der Waals surface area contributed by atoms with Gasteiger partial charge in [0.15, 0.2) is 5.69 Å². The summed E-state index contributed by atoms with van der Waals surface area (Å²) in [6.45, 7) is 4.30.